The molecule has 3 aromatic carbocycles. The number of amides is 2. The Kier molecular flexibility index (Phi) is 7.96. The van der Waals surface area contributed by atoms with Gasteiger partial charge >= 0.3 is 0 Å². The fourth-order valence-electron chi connectivity index (χ4n) is 2.83. The third-order valence-corrected chi connectivity index (χ3v) is 4.43. The van der Waals surface area contributed by atoms with Crippen LogP contribution in [0.1, 0.15) is 15.9 Å². The maximum absolute atomic E-state index is 13.6. The van der Waals surface area contributed by atoms with Crippen molar-refractivity contribution in [3.8, 4) is 17.2 Å². The molecule has 0 aliphatic heterocycles. The number of nitrogens with one attached hydrogen (secondary N) is 2. The molecule has 0 aliphatic rings. The minimum absolute atomic E-state index is 0.109. The SMILES string of the molecule is COc1ccccc1NC(=O)COc1ccc(/C=N\NC(=O)c2ccccc2F)cc1OC. The van der Waals surface area contributed by atoms with Crippen LogP contribution >= 0.6 is 0 Å². The summed E-state index contributed by atoms with van der Waals surface area (Å²) >= 11 is 0. The summed E-state index contributed by atoms with van der Waals surface area (Å²) in [7, 11) is 2.97. The van der Waals surface area contributed by atoms with Gasteiger partial charge in [0.2, 0.25) is 0 Å². The van der Waals surface area contributed by atoms with Crippen molar-refractivity contribution in [2.75, 3.05) is 26.1 Å². The highest BCUT2D eigenvalue weighted by Crippen LogP contribution is 2.28. The molecule has 0 spiro atoms. The molecular formula is C24H22FN3O5. The van der Waals surface area contributed by atoms with E-state index in [4.69, 9.17) is 14.2 Å². The van der Waals surface area contributed by atoms with Crippen molar-refractivity contribution in [1.82, 2.24) is 5.43 Å². The third kappa shape index (κ3) is 6.30. The average Bonchev–Trinajstić information content (AvgIpc) is 2.83. The first-order valence-electron chi connectivity index (χ1n) is 9.83. The Labute approximate surface area is 190 Å². The Morgan fingerprint density at radius 2 is 1.67 bits per heavy atom. The standard InChI is InChI=1S/C24H22FN3O5/c1-31-20-10-6-5-9-19(20)27-23(29)15-33-21-12-11-16(13-22(21)32-2)14-26-28-24(30)17-7-3-4-8-18(17)25/h3-14H,15H2,1-2H3,(H,27,29)(H,28,30)/b26-14-. The molecule has 0 saturated carbocycles. The van der Waals surface area contributed by atoms with Gasteiger partial charge in [0.25, 0.3) is 11.8 Å². The average molecular weight is 451 g/mol. The van der Waals surface area contributed by atoms with Crippen molar-refractivity contribution in [3.05, 3.63) is 83.7 Å². The van der Waals surface area contributed by atoms with E-state index in [0.29, 0.717) is 28.5 Å². The molecule has 2 N–H and O–H groups in total. The fourth-order valence-corrected chi connectivity index (χ4v) is 2.83. The minimum Gasteiger partial charge on any atom is -0.495 e. The molecule has 0 unspecified atom stereocenters. The summed E-state index contributed by atoms with van der Waals surface area (Å²) in [6.45, 7) is -0.249. The van der Waals surface area contributed by atoms with E-state index in [9.17, 15) is 14.0 Å². The van der Waals surface area contributed by atoms with E-state index in [1.807, 2.05) is 0 Å². The maximum Gasteiger partial charge on any atom is 0.274 e. The Bertz CT molecular complexity index is 1170. The highest BCUT2D eigenvalue weighted by Gasteiger charge is 2.11. The Hall–Kier alpha value is -4.40. The number of benzene rings is 3. The number of hydrogen-bond donors (Lipinski definition) is 2. The number of halogens is 1. The number of anilines is 1. The predicted molar refractivity (Wildman–Crippen MR) is 122 cm³/mol. The molecule has 0 radical (unpaired) electrons. The summed E-state index contributed by atoms with van der Waals surface area (Å²) in [5, 5.41) is 6.56. The molecule has 0 fully saturated rings. The fraction of sp³-hybridized carbons (Fsp3) is 0.125. The molecule has 0 aromatic heterocycles. The van der Waals surface area contributed by atoms with Crippen molar-refractivity contribution in [1.29, 1.82) is 0 Å². The normalized spacial score (nSPS) is 10.5. The largest absolute Gasteiger partial charge is 0.495 e. The number of methoxy groups -OCH3 is 2. The lowest BCUT2D eigenvalue weighted by Gasteiger charge is -2.12. The van der Waals surface area contributed by atoms with Gasteiger partial charge in [-0.3, -0.25) is 9.59 Å². The first-order chi connectivity index (χ1) is 16.0. The number of para-hydroxylation sites is 2. The van der Waals surface area contributed by atoms with Crippen LogP contribution in [0.5, 0.6) is 17.2 Å². The van der Waals surface area contributed by atoms with Gasteiger partial charge in [0.1, 0.15) is 11.6 Å². The van der Waals surface area contributed by atoms with Crippen molar-refractivity contribution in [2.45, 2.75) is 0 Å². The molecule has 0 bridgehead atoms. The Morgan fingerprint density at radius 1 is 0.939 bits per heavy atom. The smallest absolute Gasteiger partial charge is 0.274 e. The second-order valence-corrected chi connectivity index (χ2v) is 6.63. The van der Waals surface area contributed by atoms with Gasteiger partial charge in [-0.05, 0) is 48.0 Å². The quantitative estimate of drug-likeness (QED) is 0.383. The number of carbonyl (C=O) groups excluding carboxylic acids is 2. The van der Waals surface area contributed by atoms with Gasteiger partial charge in [0.05, 0.1) is 31.7 Å². The van der Waals surface area contributed by atoms with E-state index >= 15 is 0 Å². The van der Waals surface area contributed by atoms with E-state index in [2.05, 4.69) is 15.8 Å². The first kappa shape index (κ1) is 23.3. The highest BCUT2D eigenvalue weighted by atomic mass is 19.1. The zero-order valence-electron chi connectivity index (χ0n) is 18.0. The zero-order chi connectivity index (χ0) is 23.6. The molecule has 33 heavy (non-hydrogen) atoms. The van der Waals surface area contributed by atoms with Crippen molar-refractivity contribution in [2.24, 2.45) is 5.10 Å². The van der Waals surface area contributed by atoms with Crippen molar-refractivity contribution < 1.29 is 28.2 Å². The van der Waals surface area contributed by atoms with Gasteiger partial charge < -0.3 is 19.5 Å². The van der Waals surface area contributed by atoms with Crippen LogP contribution in [0.4, 0.5) is 10.1 Å². The lowest BCUT2D eigenvalue weighted by molar-refractivity contribution is -0.118. The number of ether oxygens (including phenoxy) is 3. The minimum atomic E-state index is -0.669. The van der Waals surface area contributed by atoms with Gasteiger partial charge in [0.15, 0.2) is 18.1 Å². The number of hydrazone groups is 1. The van der Waals surface area contributed by atoms with Gasteiger partial charge in [-0.2, -0.15) is 5.10 Å². The third-order valence-electron chi connectivity index (χ3n) is 4.43. The van der Waals surface area contributed by atoms with E-state index in [1.165, 1.54) is 38.6 Å². The van der Waals surface area contributed by atoms with E-state index < -0.39 is 11.7 Å². The predicted octanol–water partition coefficient (Wildman–Crippen LogP) is 3.62. The summed E-state index contributed by atoms with van der Waals surface area (Å²) in [5.74, 6) is -0.428. The van der Waals surface area contributed by atoms with Crippen LogP contribution in [0, 0.1) is 5.82 Å². The molecule has 0 saturated heterocycles. The van der Waals surface area contributed by atoms with E-state index in [0.717, 1.165) is 0 Å². The van der Waals surface area contributed by atoms with Crippen molar-refractivity contribution in [3.63, 3.8) is 0 Å². The summed E-state index contributed by atoms with van der Waals surface area (Å²) in [6.07, 6.45) is 1.37. The van der Waals surface area contributed by atoms with Crippen LogP contribution in [-0.2, 0) is 4.79 Å². The van der Waals surface area contributed by atoms with Crippen LogP contribution in [0.25, 0.3) is 0 Å². The van der Waals surface area contributed by atoms with Crippen LogP contribution in [-0.4, -0.2) is 38.9 Å². The summed E-state index contributed by atoms with van der Waals surface area (Å²) in [5.41, 5.74) is 3.28. The zero-order valence-corrected chi connectivity index (χ0v) is 18.0. The molecule has 3 rings (SSSR count). The molecule has 2 amide bonds. The number of carbonyl (C=O) groups is 2. The Balaban J connectivity index is 1.59. The summed E-state index contributed by atoms with van der Waals surface area (Å²) in [4.78, 5) is 24.2. The topological polar surface area (TPSA) is 98.3 Å². The van der Waals surface area contributed by atoms with E-state index in [1.54, 1.807) is 48.5 Å². The second kappa shape index (κ2) is 11.3. The van der Waals surface area contributed by atoms with Crippen LogP contribution in [0.15, 0.2) is 71.8 Å². The highest BCUT2D eigenvalue weighted by molar-refractivity contribution is 5.95. The van der Waals surface area contributed by atoms with Gasteiger partial charge in [-0.15, -0.1) is 0 Å². The molecule has 0 aliphatic carbocycles. The maximum atomic E-state index is 13.6. The van der Waals surface area contributed by atoms with Crippen LogP contribution < -0.4 is 25.0 Å². The van der Waals surface area contributed by atoms with Gasteiger partial charge in [0, 0.05) is 0 Å². The lowest BCUT2D eigenvalue weighted by atomic mass is 10.2. The summed E-state index contributed by atoms with van der Waals surface area (Å²) in [6, 6.07) is 17.5. The molecule has 170 valence electrons. The van der Waals surface area contributed by atoms with Crippen molar-refractivity contribution >= 4 is 23.7 Å². The second-order valence-electron chi connectivity index (χ2n) is 6.63. The van der Waals surface area contributed by atoms with Crippen LogP contribution in [0.2, 0.25) is 0 Å². The molecule has 0 heterocycles. The number of rotatable bonds is 9. The first-order valence-corrected chi connectivity index (χ1v) is 9.83. The van der Waals surface area contributed by atoms with Gasteiger partial charge in [-0.1, -0.05) is 24.3 Å². The van der Waals surface area contributed by atoms with Crippen LogP contribution in [0.3, 0.4) is 0 Å². The molecule has 9 heteroatoms. The van der Waals surface area contributed by atoms with Gasteiger partial charge in [-0.25, -0.2) is 9.82 Å². The number of nitrogens with zero attached hydrogens (tertiary/aromatic N) is 1. The lowest BCUT2D eigenvalue weighted by Crippen LogP contribution is -2.20. The van der Waals surface area contributed by atoms with E-state index in [-0.39, 0.29) is 18.1 Å². The molecular weight excluding hydrogens is 429 g/mol. The number of hydrogen-bond acceptors (Lipinski definition) is 6. The summed E-state index contributed by atoms with van der Waals surface area (Å²) < 4.78 is 29.7. The Morgan fingerprint density at radius 3 is 2.42 bits per heavy atom. The molecule has 0 atom stereocenters. The molecule has 3 aromatic rings. The monoisotopic (exact) mass is 451 g/mol. The molecule has 8 nitrogen and oxygen atoms in total.